The fourth-order valence-corrected chi connectivity index (χ4v) is 3.41. The van der Waals surface area contributed by atoms with Gasteiger partial charge in [-0.2, -0.15) is 0 Å². The quantitative estimate of drug-likeness (QED) is 0.852. The summed E-state index contributed by atoms with van der Waals surface area (Å²) in [5, 5.41) is 3.16. The Morgan fingerprint density at radius 2 is 1.78 bits per heavy atom. The first-order valence-corrected chi connectivity index (χ1v) is 9.46. The molecule has 1 aliphatic heterocycles. The Kier molecular flexibility index (Phi) is 6.61. The topological polar surface area (TPSA) is 44.8 Å². The number of nitrogens with zero attached hydrogens (tertiary/aromatic N) is 2. The second-order valence-electron chi connectivity index (χ2n) is 7.31. The highest BCUT2D eigenvalue weighted by atomic mass is 16.5. The Hall–Kier alpha value is -2.21. The number of hydrogen-bond acceptors (Lipinski definition) is 4. The molecule has 0 bridgehead atoms. The standard InChI is InChI=1S/C22H29N3O2/c1-17-8-10-18(11-9-17)21(24(2)3)22(26)23-20-7-5-4-6-19(20)16-25-12-14-27-15-13-25/h4-11,21H,12-16H2,1-3H3,(H,23,26). The lowest BCUT2D eigenvalue weighted by Gasteiger charge is -2.28. The van der Waals surface area contributed by atoms with E-state index < -0.39 is 0 Å². The molecule has 0 spiro atoms. The Morgan fingerprint density at radius 3 is 2.44 bits per heavy atom. The predicted molar refractivity (Wildman–Crippen MR) is 109 cm³/mol. The van der Waals surface area contributed by atoms with Crippen molar-refractivity contribution in [1.82, 2.24) is 9.80 Å². The van der Waals surface area contributed by atoms with Gasteiger partial charge in [0.15, 0.2) is 0 Å². The highest BCUT2D eigenvalue weighted by Crippen LogP contribution is 2.23. The number of likely N-dealkylation sites (N-methyl/N-ethyl adjacent to an activating group) is 1. The van der Waals surface area contributed by atoms with Crippen LogP contribution >= 0.6 is 0 Å². The summed E-state index contributed by atoms with van der Waals surface area (Å²) < 4.78 is 5.43. The molecule has 0 radical (unpaired) electrons. The number of ether oxygens (including phenoxy) is 1. The molecular formula is C22H29N3O2. The maximum absolute atomic E-state index is 13.1. The van der Waals surface area contributed by atoms with Gasteiger partial charge in [-0.05, 0) is 38.2 Å². The number of morpholine rings is 1. The maximum atomic E-state index is 13.1. The van der Waals surface area contributed by atoms with E-state index in [0.717, 1.165) is 49.7 Å². The zero-order valence-electron chi connectivity index (χ0n) is 16.4. The van der Waals surface area contributed by atoms with E-state index in [-0.39, 0.29) is 11.9 Å². The largest absolute Gasteiger partial charge is 0.379 e. The van der Waals surface area contributed by atoms with Crippen LogP contribution < -0.4 is 5.32 Å². The average Bonchev–Trinajstić information content (AvgIpc) is 2.66. The molecule has 1 amide bonds. The summed E-state index contributed by atoms with van der Waals surface area (Å²) in [5.41, 5.74) is 4.20. The van der Waals surface area contributed by atoms with Gasteiger partial charge in [0, 0.05) is 25.3 Å². The van der Waals surface area contributed by atoms with Gasteiger partial charge >= 0.3 is 0 Å². The smallest absolute Gasteiger partial charge is 0.246 e. The summed E-state index contributed by atoms with van der Waals surface area (Å²) in [5.74, 6) is -0.0155. The fraction of sp³-hybridized carbons (Fsp3) is 0.409. The molecule has 0 aromatic heterocycles. The van der Waals surface area contributed by atoms with Gasteiger partial charge < -0.3 is 10.1 Å². The minimum absolute atomic E-state index is 0.0155. The molecule has 0 saturated carbocycles. The molecule has 27 heavy (non-hydrogen) atoms. The van der Waals surface area contributed by atoms with E-state index in [9.17, 15) is 4.79 Å². The summed E-state index contributed by atoms with van der Waals surface area (Å²) in [4.78, 5) is 17.4. The van der Waals surface area contributed by atoms with Crippen LogP contribution in [0.5, 0.6) is 0 Å². The van der Waals surface area contributed by atoms with Crippen LogP contribution in [0.4, 0.5) is 5.69 Å². The molecule has 0 aliphatic carbocycles. The lowest BCUT2D eigenvalue weighted by Crippen LogP contribution is -2.36. The number of aryl methyl sites for hydroxylation is 1. The minimum Gasteiger partial charge on any atom is -0.379 e. The van der Waals surface area contributed by atoms with Crippen molar-refractivity contribution in [3.63, 3.8) is 0 Å². The number of para-hydroxylation sites is 1. The van der Waals surface area contributed by atoms with Gasteiger partial charge in [-0.15, -0.1) is 0 Å². The molecular weight excluding hydrogens is 338 g/mol. The van der Waals surface area contributed by atoms with Crippen LogP contribution in [0.25, 0.3) is 0 Å². The molecule has 5 nitrogen and oxygen atoms in total. The summed E-state index contributed by atoms with van der Waals surface area (Å²) in [6.07, 6.45) is 0. The Bertz CT molecular complexity index is 752. The third-order valence-electron chi connectivity index (χ3n) is 4.93. The van der Waals surface area contributed by atoms with E-state index >= 15 is 0 Å². The number of nitrogens with one attached hydrogen (secondary N) is 1. The van der Waals surface area contributed by atoms with Crippen LogP contribution in [0.15, 0.2) is 48.5 Å². The molecule has 1 unspecified atom stereocenters. The van der Waals surface area contributed by atoms with Crippen LogP contribution in [0.3, 0.4) is 0 Å². The number of amides is 1. The zero-order valence-corrected chi connectivity index (χ0v) is 16.4. The van der Waals surface area contributed by atoms with Crippen LogP contribution in [0, 0.1) is 6.92 Å². The number of carbonyl (C=O) groups is 1. The fourth-order valence-electron chi connectivity index (χ4n) is 3.41. The first kappa shape index (κ1) is 19.5. The van der Waals surface area contributed by atoms with Crippen LogP contribution in [-0.4, -0.2) is 56.1 Å². The first-order valence-electron chi connectivity index (χ1n) is 9.46. The Labute approximate surface area is 161 Å². The van der Waals surface area contributed by atoms with E-state index in [1.807, 2.05) is 61.5 Å². The van der Waals surface area contributed by atoms with E-state index in [2.05, 4.69) is 23.2 Å². The van der Waals surface area contributed by atoms with Crippen LogP contribution in [-0.2, 0) is 16.1 Å². The number of rotatable bonds is 6. The van der Waals surface area contributed by atoms with Crippen LogP contribution in [0.2, 0.25) is 0 Å². The van der Waals surface area contributed by atoms with E-state index in [0.29, 0.717) is 0 Å². The van der Waals surface area contributed by atoms with E-state index in [4.69, 9.17) is 4.74 Å². The molecule has 1 saturated heterocycles. The average molecular weight is 367 g/mol. The lowest BCUT2D eigenvalue weighted by atomic mass is 10.0. The molecule has 1 N–H and O–H groups in total. The molecule has 3 rings (SSSR count). The third kappa shape index (κ3) is 5.16. The monoisotopic (exact) mass is 367 g/mol. The van der Waals surface area contributed by atoms with Crippen molar-refractivity contribution >= 4 is 11.6 Å². The van der Waals surface area contributed by atoms with Crippen molar-refractivity contribution < 1.29 is 9.53 Å². The number of hydrogen-bond donors (Lipinski definition) is 1. The van der Waals surface area contributed by atoms with Crippen molar-refractivity contribution in [2.45, 2.75) is 19.5 Å². The predicted octanol–water partition coefficient (Wildman–Crippen LogP) is 3.07. The number of anilines is 1. The molecule has 1 fully saturated rings. The molecule has 2 aromatic carbocycles. The molecule has 1 atom stereocenters. The van der Waals surface area contributed by atoms with Gasteiger partial charge in [-0.3, -0.25) is 14.6 Å². The molecule has 1 aliphatic rings. The van der Waals surface area contributed by atoms with Gasteiger partial charge in [0.05, 0.1) is 13.2 Å². The van der Waals surface area contributed by atoms with Crippen molar-refractivity contribution in [2.75, 3.05) is 45.7 Å². The molecule has 144 valence electrons. The van der Waals surface area contributed by atoms with Gasteiger partial charge in [0.2, 0.25) is 5.91 Å². The van der Waals surface area contributed by atoms with Gasteiger partial charge in [0.25, 0.3) is 0 Å². The van der Waals surface area contributed by atoms with Crippen molar-refractivity contribution in [3.05, 3.63) is 65.2 Å². The highest BCUT2D eigenvalue weighted by Gasteiger charge is 2.24. The normalized spacial score (nSPS) is 16.3. The SMILES string of the molecule is Cc1ccc(C(C(=O)Nc2ccccc2CN2CCOCC2)N(C)C)cc1. The summed E-state index contributed by atoms with van der Waals surface area (Å²) in [7, 11) is 3.87. The second kappa shape index (κ2) is 9.13. The first-order chi connectivity index (χ1) is 13.0. The van der Waals surface area contributed by atoms with E-state index in [1.165, 1.54) is 5.56 Å². The van der Waals surface area contributed by atoms with Crippen molar-refractivity contribution in [3.8, 4) is 0 Å². The third-order valence-corrected chi connectivity index (χ3v) is 4.93. The summed E-state index contributed by atoms with van der Waals surface area (Å²) in [6, 6.07) is 15.9. The van der Waals surface area contributed by atoms with Crippen LogP contribution in [0.1, 0.15) is 22.7 Å². The van der Waals surface area contributed by atoms with Gasteiger partial charge in [-0.1, -0.05) is 48.0 Å². The second-order valence-corrected chi connectivity index (χ2v) is 7.31. The van der Waals surface area contributed by atoms with Gasteiger partial charge in [-0.25, -0.2) is 0 Å². The number of carbonyl (C=O) groups excluding carboxylic acids is 1. The number of benzene rings is 2. The van der Waals surface area contributed by atoms with E-state index in [1.54, 1.807) is 0 Å². The summed E-state index contributed by atoms with van der Waals surface area (Å²) >= 11 is 0. The van der Waals surface area contributed by atoms with Crippen molar-refractivity contribution in [2.24, 2.45) is 0 Å². The van der Waals surface area contributed by atoms with Gasteiger partial charge in [0.1, 0.15) is 6.04 Å². The molecule has 5 heteroatoms. The van der Waals surface area contributed by atoms with Crippen molar-refractivity contribution in [1.29, 1.82) is 0 Å². The Balaban J connectivity index is 1.76. The lowest BCUT2D eigenvalue weighted by molar-refractivity contribution is -0.120. The molecule has 2 aromatic rings. The summed E-state index contributed by atoms with van der Waals surface area (Å²) in [6.45, 7) is 6.25. The highest BCUT2D eigenvalue weighted by molar-refractivity contribution is 5.96. The molecule has 1 heterocycles. The minimum atomic E-state index is -0.331. The Morgan fingerprint density at radius 1 is 1.11 bits per heavy atom. The zero-order chi connectivity index (χ0) is 19.2. The maximum Gasteiger partial charge on any atom is 0.246 e.